The molecule has 0 radical (unpaired) electrons. The Labute approximate surface area is 218 Å². The average Bonchev–Trinajstić information content (AvgIpc) is 3.71. The van der Waals surface area contributed by atoms with E-state index in [1.807, 2.05) is 47.3 Å². The highest BCUT2D eigenvalue weighted by atomic mass is 32.1. The van der Waals surface area contributed by atoms with Gasteiger partial charge in [0.2, 0.25) is 0 Å². The maximum atomic E-state index is 5.40. The molecular weight excluding hydrogens is 511 g/mol. The number of fused-ring (bicyclic) bond motifs is 1. The molecule has 172 valence electrons. The van der Waals surface area contributed by atoms with Crippen LogP contribution in [0.25, 0.3) is 11.0 Å². The SMILES string of the molecule is C(=NC(c1cccs1)C(N=C(c1cccs1)n1nnc2ccccc21)c1cccs1)c1cccs1. The quantitative estimate of drug-likeness (QED) is 0.158. The van der Waals surface area contributed by atoms with Gasteiger partial charge in [0.15, 0.2) is 5.84 Å². The van der Waals surface area contributed by atoms with Crippen molar-refractivity contribution in [2.45, 2.75) is 12.1 Å². The van der Waals surface area contributed by atoms with Gasteiger partial charge in [-0.1, -0.05) is 41.6 Å². The number of rotatable bonds is 7. The van der Waals surface area contributed by atoms with Gasteiger partial charge in [0.05, 0.1) is 10.4 Å². The molecule has 0 fully saturated rings. The molecule has 9 heteroatoms. The zero-order valence-corrected chi connectivity index (χ0v) is 21.6. The fourth-order valence-corrected chi connectivity index (χ4v) is 6.72. The van der Waals surface area contributed by atoms with Crippen LogP contribution in [-0.2, 0) is 0 Å². The third-order valence-electron chi connectivity index (χ3n) is 5.43. The molecule has 6 aromatic rings. The third-order valence-corrected chi connectivity index (χ3v) is 8.99. The maximum absolute atomic E-state index is 5.40. The number of hydrogen-bond acceptors (Lipinski definition) is 8. The summed E-state index contributed by atoms with van der Waals surface area (Å²) >= 11 is 6.75. The van der Waals surface area contributed by atoms with Crippen molar-refractivity contribution in [1.29, 1.82) is 0 Å². The van der Waals surface area contributed by atoms with Gasteiger partial charge < -0.3 is 0 Å². The fourth-order valence-electron chi connectivity index (χ4n) is 3.82. The number of nitrogens with zero attached hydrogens (tertiary/aromatic N) is 5. The van der Waals surface area contributed by atoms with Gasteiger partial charge in [-0.25, -0.2) is 0 Å². The molecule has 6 rings (SSSR count). The lowest BCUT2D eigenvalue weighted by Gasteiger charge is -2.20. The van der Waals surface area contributed by atoms with Crippen LogP contribution in [0.4, 0.5) is 0 Å². The molecule has 2 unspecified atom stereocenters. The minimum absolute atomic E-state index is 0.166. The lowest BCUT2D eigenvalue weighted by Crippen LogP contribution is -2.18. The Morgan fingerprint density at radius 2 is 1.46 bits per heavy atom. The van der Waals surface area contributed by atoms with Crippen LogP contribution in [0.2, 0.25) is 0 Å². The lowest BCUT2D eigenvalue weighted by atomic mass is 10.1. The Balaban J connectivity index is 1.54. The van der Waals surface area contributed by atoms with E-state index in [4.69, 9.17) is 9.98 Å². The molecule has 5 aromatic heterocycles. The molecule has 35 heavy (non-hydrogen) atoms. The second kappa shape index (κ2) is 10.2. The van der Waals surface area contributed by atoms with Crippen LogP contribution in [0.3, 0.4) is 0 Å². The first-order valence-electron chi connectivity index (χ1n) is 10.9. The van der Waals surface area contributed by atoms with Crippen molar-refractivity contribution in [1.82, 2.24) is 15.0 Å². The molecular formula is C26H19N5S4. The standard InChI is InChI=1S/C26H19N5S4/c1-2-9-20-19(8-1)29-30-31(20)26(23-12-6-16-35-23)28-25(22-11-5-15-34-22)24(21-10-4-14-33-21)27-17-18-7-3-13-32-18/h1-17,24-25H. The largest absolute Gasteiger partial charge is 0.280 e. The van der Waals surface area contributed by atoms with E-state index < -0.39 is 0 Å². The maximum Gasteiger partial charge on any atom is 0.169 e. The van der Waals surface area contributed by atoms with E-state index in [0.717, 1.165) is 31.5 Å². The van der Waals surface area contributed by atoms with Crippen LogP contribution in [0.5, 0.6) is 0 Å². The van der Waals surface area contributed by atoms with E-state index in [0.29, 0.717) is 0 Å². The highest BCUT2D eigenvalue weighted by Gasteiger charge is 2.28. The number of aliphatic imine (C=N–C) groups is 2. The predicted molar refractivity (Wildman–Crippen MR) is 150 cm³/mol. The topological polar surface area (TPSA) is 55.4 Å². The molecule has 0 N–H and O–H groups in total. The summed E-state index contributed by atoms with van der Waals surface area (Å²) < 4.78 is 1.86. The zero-order chi connectivity index (χ0) is 23.5. The summed E-state index contributed by atoms with van der Waals surface area (Å²) in [6.45, 7) is 0. The van der Waals surface area contributed by atoms with Gasteiger partial charge in [-0.05, 0) is 57.9 Å². The van der Waals surface area contributed by atoms with Gasteiger partial charge in [-0.15, -0.1) is 50.4 Å². The first-order chi connectivity index (χ1) is 17.4. The Hall–Kier alpha value is -3.24. The van der Waals surface area contributed by atoms with E-state index in [2.05, 4.69) is 68.2 Å². The molecule has 5 heterocycles. The smallest absolute Gasteiger partial charge is 0.169 e. The Morgan fingerprint density at radius 3 is 2.17 bits per heavy atom. The fraction of sp³-hybridized carbons (Fsp3) is 0.0769. The van der Waals surface area contributed by atoms with E-state index in [-0.39, 0.29) is 12.1 Å². The molecule has 0 aliphatic carbocycles. The predicted octanol–water partition coefficient (Wildman–Crippen LogP) is 7.57. The summed E-state index contributed by atoms with van der Waals surface area (Å²) in [5.41, 5.74) is 1.77. The minimum atomic E-state index is -0.218. The van der Waals surface area contributed by atoms with Crippen LogP contribution in [0.15, 0.2) is 104 Å². The molecule has 0 bridgehead atoms. The minimum Gasteiger partial charge on any atom is -0.280 e. The Kier molecular flexibility index (Phi) is 6.46. The summed E-state index contributed by atoms with van der Waals surface area (Å²) in [7, 11) is 0. The molecule has 0 amide bonds. The molecule has 0 spiro atoms. The van der Waals surface area contributed by atoms with Gasteiger partial charge in [0, 0.05) is 20.8 Å². The number of thiophene rings is 4. The second-order valence-electron chi connectivity index (χ2n) is 7.63. The second-order valence-corrected chi connectivity index (χ2v) is 11.5. The van der Waals surface area contributed by atoms with Crippen molar-refractivity contribution < 1.29 is 0 Å². The monoisotopic (exact) mass is 529 g/mol. The van der Waals surface area contributed by atoms with Crippen molar-refractivity contribution in [3.8, 4) is 0 Å². The summed E-state index contributed by atoms with van der Waals surface area (Å²) in [5, 5.41) is 17.2. The Bertz CT molecular complexity index is 1540. The van der Waals surface area contributed by atoms with Crippen LogP contribution in [0, 0.1) is 0 Å². The van der Waals surface area contributed by atoms with E-state index in [1.54, 1.807) is 45.3 Å². The van der Waals surface area contributed by atoms with Crippen molar-refractivity contribution >= 4 is 68.4 Å². The van der Waals surface area contributed by atoms with E-state index >= 15 is 0 Å². The van der Waals surface area contributed by atoms with Gasteiger partial charge >= 0.3 is 0 Å². The molecule has 0 saturated carbocycles. The molecule has 5 nitrogen and oxygen atoms in total. The van der Waals surface area contributed by atoms with Gasteiger partial charge in [0.25, 0.3) is 0 Å². The van der Waals surface area contributed by atoms with Crippen molar-refractivity contribution in [3.05, 3.63) is 114 Å². The van der Waals surface area contributed by atoms with Crippen LogP contribution < -0.4 is 0 Å². The molecule has 2 atom stereocenters. The van der Waals surface area contributed by atoms with Crippen LogP contribution in [-0.4, -0.2) is 27.0 Å². The van der Waals surface area contributed by atoms with Crippen LogP contribution >= 0.6 is 45.3 Å². The van der Waals surface area contributed by atoms with E-state index in [9.17, 15) is 0 Å². The lowest BCUT2D eigenvalue weighted by molar-refractivity contribution is 0.595. The number of aromatic nitrogens is 3. The first kappa shape index (κ1) is 22.2. The highest BCUT2D eigenvalue weighted by molar-refractivity contribution is 7.12. The summed E-state index contributed by atoms with van der Waals surface area (Å²) in [6, 6.07) is 24.3. The van der Waals surface area contributed by atoms with Crippen LogP contribution in [0.1, 0.15) is 31.6 Å². The highest BCUT2D eigenvalue weighted by Crippen LogP contribution is 2.40. The Morgan fingerprint density at radius 1 is 0.743 bits per heavy atom. The molecule has 1 aromatic carbocycles. The van der Waals surface area contributed by atoms with Gasteiger partial charge in [-0.2, -0.15) is 4.68 Å². The van der Waals surface area contributed by atoms with Crippen molar-refractivity contribution in [2.24, 2.45) is 9.98 Å². The summed E-state index contributed by atoms with van der Waals surface area (Å²) in [6.07, 6.45) is 1.97. The molecule has 0 saturated heterocycles. The number of benzene rings is 1. The number of para-hydroxylation sites is 1. The van der Waals surface area contributed by atoms with Crippen molar-refractivity contribution in [3.63, 3.8) is 0 Å². The molecule has 0 aliphatic heterocycles. The van der Waals surface area contributed by atoms with Crippen molar-refractivity contribution in [2.75, 3.05) is 0 Å². The van der Waals surface area contributed by atoms with Gasteiger partial charge in [0.1, 0.15) is 17.6 Å². The first-order valence-corrected chi connectivity index (χ1v) is 14.4. The summed E-state index contributed by atoms with van der Waals surface area (Å²) in [4.78, 5) is 15.0. The van der Waals surface area contributed by atoms with E-state index in [1.165, 1.54) is 4.88 Å². The van der Waals surface area contributed by atoms with Gasteiger partial charge in [-0.3, -0.25) is 9.98 Å². The average molecular weight is 530 g/mol. The number of hydrogen-bond donors (Lipinski definition) is 0. The molecule has 0 aliphatic rings. The summed E-state index contributed by atoms with van der Waals surface area (Å²) in [5.74, 6) is 0.778. The zero-order valence-electron chi connectivity index (χ0n) is 18.3. The third kappa shape index (κ3) is 4.68. The normalized spacial score (nSPS) is 14.1.